The van der Waals surface area contributed by atoms with E-state index in [1.54, 1.807) is 0 Å². The highest BCUT2D eigenvalue weighted by Crippen LogP contribution is 2.25. The summed E-state index contributed by atoms with van der Waals surface area (Å²) in [6.45, 7) is 3.90. The second-order valence-corrected chi connectivity index (χ2v) is 6.79. The summed E-state index contributed by atoms with van der Waals surface area (Å²) in [5.41, 5.74) is 5.62. The molecule has 0 atom stereocenters. The first-order chi connectivity index (χ1) is 13.6. The van der Waals surface area contributed by atoms with Gasteiger partial charge in [-0.1, -0.05) is 36.4 Å². The monoisotopic (exact) mass is 371 g/mol. The Morgan fingerprint density at radius 3 is 2.71 bits per heavy atom. The van der Waals surface area contributed by atoms with Crippen molar-refractivity contribution in [2.75, 3.05) is 11.9 Å². The molecule has 1 heterocycles. The highest BCUT2D eigenvalue weighted by Gasteiger charge is 2.10. The van der Waals surface area contributed by atoms with Crippen LogP contribution in [0.4, 0.5) is 5.69 Å². The van der Waals surface area contributed by atoms with Crippen LogP contribution in [0.1, 0.15) is 11.1 Å². The fourth-order valence-corrected chi connectivity index (χ4v) is 3.03. The number of nitrogens with zero attached hydrogens (tertiary/aromatic N) is 1. The molecule has 1 amide bonds. The van der Waals surface area contributed by atoms with Crippen LogP contribution < -0.4 is 10.1 Å². The Labute approximate surface area is 163 Å². The van der Waals surface area contributed by atoms with Crippen LogP contribution in [0.3, 0.4) is 0 Å². The molecule has 0 unspecified atom stereocenters. The van der Waals surface area contributed by atoms with E-state index in [2.05, 4.69) is 15.3 Å². The molecular formula is C23H21N3O2. The summed E-state index contributed by atoms with van der Waals surface area (Å²) in [6, 6.07) is 21.4. The number of rotatable bonds is 5. The van der Waals surface area contributed by atoms with Gasteiger partial charge in [0.05, 0.1) is 11.0 Å². The zero-order valence-electron chi connectivity index (χ0n) is 15.8. The van der Waals surface area contributed by atoms with Crippen LogP contribution in [0.15, 0.2) is 66.7 Å². The van der Waals surface area contributed by atoms with Gasteiger partial charge in [-0.3, -0.25) is 4.79 Å². The van der Waals surface area contributed by atoms with Crippen molar-refractivity contribution in [1.82, 2.24) is 9.97 Å². The van der Waals surface area contributed by atoms with Gasteiger partial charge in [0.1, 0.15) is 11.6 Å². The maximum atomic E-state index is 12.4. The summed E-state index contributed by atoms with van der Waals surface area (Å²) < 4.78 is 5.58. The molecule has 3 aromatic carbocycles. The number of amides is 1. The predicted octanol–water partition coefficient (Wildman–Crippen LogP) is 4.86. The number of fused-ring (bicyclic) bond motifs is 1. The van der Waals surface area contributed by atoms with Gasteiger partial charge in [-0.15, -0.1) is 0 Å². The summed E-state index contributed by atoms with van der Waals surface area (Å²) in [5, 5.41) is 2.93. The van der Waals surface area contributed by atoms with E-state index in [4.69, 9.17) is 4.74 Å². The molecule has 28 heavy (non-hydrogen) atoms. The van der Waals surface area contributed by atoms with Crippen molar-refractivity contribution in [3.8, 4) is 17.1 Å². The maximum absolute atomic E-state index is 12.4. The fourth-order valence-electron chi connectivity index (χ4n) is 3.03. The Balaban J connectivity index is 1.49. The number of imidazole rings is 1. The van der Waals surface area contributed by atoms with Crippen LogP contribution in [-0.2, 0) is 4.79 Å². The van der Waals surface area contributed by atoms with Crippen LogP contribution in [0.2, 0.25) is 0 Å². The molecule has 0 fully saturated rings. The van der Waals surface area contributed by atoms with Crippen molar-refractivity contribution in [1.29, 1.82) is 0 Å². The largest absolute Gasteiger partial charge is 0.484 e. The minimum atomic E-state index is -0.202. The Bertz CT molecular complexity index is 1110. The van der Waals surface area contributed by atoms with Crippen molar-refractivity contribution >= 4 is 22.6 Å². The number of para-hydroxylation sites is 2. The SMILES string of the molecule is Cc1cccc(OCC(=O)Nc2cc(-c3nc4ccccc4[nH]3)ccc2C)c1. The lowest BCUT2D eigenvalue weighted by atomic mass is 10.1. The topological polar surface area (TPSA) is 67.0 Å². The first-order valence-electron chi connectivity index (χ1n) is 9.13. The molecule has 0 aliphatic rings. The number of nitrogens with one attached hydrogen (secondary N) is 2. The molecule has 0 bridgehead atoms. The highest BCUT2D eigenvalue weighted by molar-refractivity contribution is 5.93. The molecule has 1 aromatic heterocycles. The molecule has 4 rings (SSSR count). The van der Waals surface area contributed by atoms with E-state index in [-0.39, 0.29) is 12.5 Å². The normalized spacial score (nSPS) is 10.8. The summed E-state index contributed by atoms with van der Waals surface area (Å²) in [6.07, 6.45) is 0. The van der Waals surface area contributed by atoms with E-state index >= 15 is 0 Å². The summed E-state index contributed by atoms with van der Waals surface area (Å²) in [5.74, 6) is 1.25. The fraction of sp³-hybridized carbons (Fsp3) is 0.130. The zero-order chi connectivity index (χ0) is 19.5. The first-order valence-corrected chi connectivity index (χ1v) is 9.13. The Hall–Kier alpha value is -3.60. The molecular weight excluding hydrogens is 350 g/mol. The maximum Gasteiger partial charge on any atom is 0.262 e. The van der Waals surface area contributed by atoms with Gasteiger partial charge in [-0.25, -0.2) is 4.98 Å². The highest BCUT2D eigenvalue weighted by atomic mass is 16.5. The van der Waals surface area contributed by atoms with Crippen molar-refractivity contribution in [3.05, 3.63) is 77.9 Å². The Kier molecular flexibility index (Phi) is 4.81. The summed E-state index contributed by atoms with van der Waals surface area (Å²) >= 11 is 0. The molecule has 0 spiro atoms. The van der Waals surface area contributed by atoms with E-state index in [0.29, 0.717) is 5.75 Å². The van der Waals surface area contributed by atoms with Crippen LogP contribution in [0, 0.1) is 13.8 Å². The van der Waals surface area contributed by atoms with Gasteiger partial charge in [-0.05, 0) is 55.3 Å². The minimum absolute atomic E-state index is 0.0439. The van der Waals surface area contributed by atoms with Crippen LogP contribution >= 0.6 is 0 Å². The number of hydrogen-bond donors (Lipinski definition) is 2. The number of benzene rings is 3. The standard InChI is InChI=1S/C23H21N3O2/c1-15-6-5-7-18(12-15)28-14-22(27)24-21-13-17(11-10-16(21)2)23-25-19-8-3-4-9-20(19)26-23/h3-13H,14H2,1-2H3,(H,24,27)(H,25,26). The lowest BCUT2D eigenvalue weighted by Crippen LogP contribution is -2.20. The molecule has 5 nitrogen and oxygen atoms in total. The van der Waals surface area contributed by atoms with Crippen LogP contribution in [0.5, 0.6) is 5.75 Å². The van der Waals surface area contributed by atoms with Gasteiger partial charge in [0, 0.05) is 11.3 Å². The van der Waals surface area contributed by atoms with E-state index in [1.165, 1.54) is 0 Å². The van der Waals surface area contributed by atoms with Gasteiger partial charge in [0.15, 0.2) is 6.61 Å². The molecule has 5 heteroatoms. The minimum Gasteiger partial charge on any atom is -0.484 e. The van der Waals surface area contributed by atoms with E-state index in [0.717, 1.165) is 39.2 Å². The molecule has 2 N–H and O–H groups in total. The van der Waals surface area contributed by atoms with Gasteiger partial charge in [0.2, 0.25) is 0 Å². The lowest BCUT2D eigenvalue weighted by molar-refractivity contribution is -0.118. The van der Waals surface area contributed by atoms with Gasteiger partial charge >= 0.3 is 0 Å². The lowest BCUT2D eigenvalue weighted by Gasteiger charge is -2.11. The van der Waals surface area contributed by atoms with Crippen molar-refractivity contribution in [2.45, 2.75) is 13.8 Å². The first kappa shape index (κ1) is 17.8. The number of anilines is 1. The van der Waals surface area contributed by atoms with Gasteiger partial charge < -0.3 is 15.0 Å². The third kappa shape index (κ3) is 3.88. The molecule has 4 aromatic rings. The average Bonchev–Trinajstić information content (AvgIpc) is 3.12. The Morgan fingerprint density at radius 2 is 1.89 bits per heavy atom. The number of carbonyl (C=O) groups is 1. The number of aryl methyl sites for hydroxylation is 2. The van der Waals surface area contributed by atoms with Crippen LogP contribution in [0.25, 0.3) is 22.4 Å². The third-order valence-corrected chi connectivity index (χ3v) is 4.53. The van der Waals surface area contributed by atoms with E-state index < -0.39 is 0 Å². The zero-order valence-corrected chi connectivity index (χ0v) is 15.8. The molecule has 0 aliphatic heterocycles. The quantitative estimate of drug-likeness (QED) is 0.526. The number of carbonyl (C=O) groups excluding carboxylic acids is 1. The van der Waals surface area contributed by atoms with Gasteiger partial charge in [0.25, 0.3) is 5.91 Å². The van der Waals surface area contributed by atoms with Crippen molar-refractivity contribution in [3.63, 3.8) is 0 Å². The number of H-pyrrole nitrogens is 1. The molecule has 0 saturated carbocycles. The van der Waals surface area contributed by atoms with E-state index in [9.17, 15) is 4.79 Å². The van der Waals surface area contributed by atoms with E-state index in [1.807, 2.05) is 80.6 Å². The number of aromatic amines is 1. The second kappa shape index (κ2) is 7.56. The number of aromatic nitrogens is 2. The molecule has 0 aliphatic carbocycles. The van der Waals surface area contributed by atoms with Crippen LogP contribution in [-0.4, -0.2) is 22.5 Å². The summed E-state index contributed by atoms with van der Waals surface area (Å²) in [4.78, 5) is 20.3. The Morgan fingerprint density at radius 1 is 1.04 bits per heavy atom. The predicted molar refractivity (Wildman–Crippen MR) is 112 cm³/mol. The van der Waals surface area contributed by atoms with Gasteiger partial charge in [-0.2, -0.15) is 0 Å². The number of ether oxygens (including phenoxy) is 1. The van der Waals surface area contributed by atoms with Crippen molar-refractivity contribution in [2.24, 2.45) is 0 Å². The average molecular weight is 371 g/mol. The smallest absolute Gasteiger partial charge is 0.262 e. The summed E-state index contributed by atoms with van der Waals surface area (Å²) in [7, 11) is 0. The third-order valence-electron chi connectivity index (χ3n) is 4.53. The molecule has 140 valence electrons. The molecule has 0 saturated heterocycles. The number of hydrogen-bond acceptors (Lipinski definition) is 3. The molecule has 0 radical (unpaired) electrons. The van der Waals surface area contributed by atoms with Crippen molar-refractivity contribution < 1.29 is 9.53 Å². The second-order valence-electron chi connectivity index (χ2n) is 6.79.